The van der Waals surface area contributed by atoms with Crippen molar-refractivity contribution in [3.63, 3.8) is 0 Å². The number of rotatable bonds is 3. The van der Waals surface area contributed by atoms with Crippen LogP contribution in [-0.2, 0) is 6.54 Å². The summed E-state index contributed by atoms with van der Waals surface area (Å²) in [7, 11) is 0. The van der Waals surface area contributed by atoms with Crippen LogP contribution < -0.4 is 5.32 Å². The molecule has 0 saturated carbocycles. The average molecular weight is 231 g/mol. The van der Waals surface area contributed by atoms with Crippen LogP contribution in [0.4, 0.5) is 0 Å². The SMILES string of the molecule is Cc1cc(C(=O)NCc2cnc[nH]2)c(C)nn1. The van der Waals surface area contributed by atoms with E-state index in [0.717, 1.165) is 11.4 Å². The van der Waals surface area contributed by atoms with Gasteiger partial charge in [-0.1, -0.05) is 0 Å². The maximum Gasteiger partial charge on any atom is 0.253 e. The van der Waals surface area contributed by atoms with Gasteiger partial charge in [0, 0.05) is 6.20 Å². The van der Waals surface area contributed by atoms with Crippen molar-refractivity contribution in [2.45, 2.75) is 20.4 Å². The zero-order chi connectivity index (χ0) is 12.3. The smallest absolute Gasteiger partial charge is 0.253 e. The molecule has 2 heterocycles. The number of nitrogens with zero attached hydrogens (tertiary/aromatic N) is 3. The molecule has 6 nitrogen and oxygen atoms in total. The molecule has 0 aliphatic heterocycles. The molecule has 0 fully saturated rings. The molecule has 0 saturated heterocycles. The quantitative estimate of drug-likeness (QED) is 0.816. The van der Waals surface area contributed by atoms with E-state index in [1.807, 2.05) is 0 Å². The van der Waals surface area contributed by atoms with E-state index >= 15 is 0 Å². The van der Waals surface area contributed by atoms with Crippen LogP contribution in [-0.4, -0.2) is 26.1 Å². The highest BCUT2D eigenvalue weighted by Gasteiger charge is 2.10. The number of carbonyl (C=O) groups is 1. The van der Waals surface area contributed by atoms with Gasteiger partial charge in [-0.05, 0) is 19.9 Å². The Balaban J connectivity index is 2.07. The Hall–Kier alpha value is -2.24. The molecule has 0 radical (unpaired) electrons. The average Bonchev–Trinajstić information content (AvgIpc) is 2.82. The van der Waals surface area contributed by atoms with Crippen molar-refractivity contribution in [3.8, 4) is 0 Å². The second-order valence-electron chi connectivity index (χ2n) is 3.74. The normalized spacial score (nSPS) is 10.2. The molecule has 0 aromatic carbocycles. The lowest BCUT2D eigenvalue weighted by Crippen LogP contribution is -2.24. The summed E-state index contributed by atoms with van der Waals surface area (Å²) in [6.07, 6.45) is 3.24. The molecule has 17 heavy (non-hydrogen) atoms. The van der Waals surface area contributed by atoms with Gasteiger partial charge in [0.1, 0.15) is 0 Å². The van der Waals surface area contributed by atoms with Crippen molar-refractivity contribution in [1.29, 1.82) is 0 Å². The van der Waals surface area contributed by atoms with Crippen LogP contribution in [0.15, 0.2) is 18.6 Å². The highest BCUT2D eigenvalue weighted by Crippen LogP contribution is 2.05. The van der Waals surface area contributed by atoms with Gasteiger partial charge in [-0.3, -0.25) is 4.79 Å². The van der Waals surface area contributed by atoms with Crippen molar-refractivity contribution in [1.82, 2.24) is 25.5 Å². The molecule has 0 unspecified atom stereocenters. The monoisotopic (exact) mass is 231 g/mol. The van der Waals surface area contributed by atoms with Crippen LogP contribution in [0, 0.1) is 13.8 Å². The fourth-order valence-corrected chi connectivity index (χ4v) is 1.43. The van der Waals surface area contributed by atoms with E-state index in [1.165, 1.54) is 0 Å². The predicted octanol–water partition coefficient (Wildman–Crippen LogP) is 0.747. The van der Waals surface area contributed by atoms with Gasteiger partial charge in [0.2, 0.25) is 0 Å². The number of hydrogen-bond acceptors (Lipinski definition) is 4. The second kappa shape index (κ2) is 4.73. The number of H-pyrrole nitrogens is 1. The lowest BCUT2D eigenvalue weighted by atomic mass is 10.2. The minimum Gasteiger partial charge on any atom is -0.347 e. The first kappa shape index (κ1) is 11.3. The van der Waals surface area contributed by atoms with Gasteiger partial charge in [0.15, 0.2) is 0 Å². The van der Waals surface area contributed by atoms with Crippen molar-refractivity contribution in [2.24, 2.45) is 0 Å². The van der Waals surface area contributed by atoms with E-state index in [-0.39, 0.29) is 5.91 Å². The molecule has 0 atom stereocenters. The Bertz CT molecular complexity index is 521. The number of aromatic nitrogens is 4. The molecular formula is C11H13N5O. The molecule has 6 heteroatoms. The fourth-order valence-electron chi connectivity index (χ4n) is 1.43. The van der Waals surface area contributed by atoms with Crippen molar-refractivity contribution in [3.05, 3.63) is 41.2 Å². The lowest BCUT2D eigenvalue weighted by Gasteiger charge is -2.06. The Morgan fingerprint density at radius 3 is 2.94 bits per heavy atom. The number of nitrogens with one attached hydrogen (secondary N) is 2. The predicted molar refractivity (Wildman–Crippen MR) is 61.3 cm³/mol. The topological polar surface area (TPSA) is 83.6 Å². The highest BCUT2D eigenvalue weighted by atomic mass is 16.1. The number of imidazole rings is 1. The highest BCUT2D eigenvalue weighted by molar-refractivity contribution is 5.95. The van der Waals surface area contributed by atoms with Crippen LogP contribution in [0.25, 0.3) is 0 Å². The van der Waals surface area contributed by atoms with Gasteiger partial charge in [-0.15, -0.1) is 0 Å². The Morgan fingerprint density at radius 1 is 1.41 bits per heavy atom. The van der Waals surface area contributed by atoms with Crippen LogP contribution in [0.2, 0.25) is 0 Å². The van der Waals surface area contributed by atoms with Gasteiger partial charge >= 0.3 is 0 Å². The summed E-state index contributed by atoms with van der Waals surface area (Å²) >= 11 is 0. The van der Waals surface area contributed by atoms with E-state index in [4.69, 9.17) is 0 Å². The Labute approximate surface area is 98.5 Å². The molecule has 2 aromatic rings. The molecule has 2 aromatic heterocycles. The van der Waals surface area contributed by atoms with Gasteiger partial charge in [-0.25, -0.2) is 4.98 Å². The molecule has 0 spiro atoms. The summed E-state index contributed by atoms with van der Waals surface area (Å²) in [6, 6.07) is 1.73. The first-order valence-corrected chi connectivity index (χ1v) is 5.23. The summed E-state index contributed by atoms with van der Waals surface area (Å²) in [6.45, 7) is 3.98. The van der Waals surface area contributed by atoms with Crippen LogP contribution in [0.3, 0.4) is 0 Å². The van der Waals surface area contributed by atoms with Crippen molar-refractivity contribution in [2.75, 3.05) is 0 Å². The molecule has 0 bridgehead atoms. The third-order valence-corrected chi connectivity index (χ3v) is 2.34. The summed E-state index contributed by atoms with van der Waals surface area (Å²) in [5, 5.41) is 10.6. The molecular weight excluding hydrogens is 218 g/mol. The van der Waals surface area contributed by atoms with Gasteiger partial charge in [0.25, 0.3) is 5.91 Å². The van der Waals surface area contributed by atoms with Gasteiger partial charge < -0.3 is 10.3 Å². The van der Waals surface area contributed by atoms with Gasteiger partial charge in [0.05, 0.1) is 35.5 Å². The second-order valence-corrected chi connectivity index (χ2v) is 3.74. The number of amides is 1. The first-order valence-electron chi connectivity index (χ1n) is 5.23. The Kier molecular flexibility index (Phi) is 3.13. The van der Waals surface area contributed by atoms with E-state index < -0.39 is 0 Å². The third-order valence-electron chi connectivity index (χ3n) is 2.34. The Morgan fingerprint density at radius 2 is 2.24 bits per heavy atom. The van der Waals surface area contributed by atoms with Crippen LogP contribution >= 0.6 is 0 Å². The van der Waals surface area contributed by atoms with Crippen molar-refractivity contribution >= 4 is 5.91 Å². The maximum atomic E-state index is 11.9. The third kappa shape index (κ3) is 2.66. The van der Waals surface area contributed by atoms with E-state index in [0.29, 0.717) is 17.8 Å². The minimum atomic E-state index is -0.157. The summed E-state index contributed by atoms with van der Waals surface area (Å²) < 4.78 is 0. The lowest BCUT2D eigenvalue weighted by molar-refractivity contribution is 0.0949. The molecule has 1 amide bonds. The zero-order valence-electron chi connectivity index (χ0n) is 9.69. The van der Waals surface area contributed by atoms with Gasteiger partial charge in [-0.2, -0.15) is 10.2 Å². The minimum absolute atomic E-state index is 0.157. The molecule has 2 rings (SSSR count). The molecule has 0 aliphatic rings. The maximum absolute atomic E-state index is 11.9. The zero-order valence-corrected chi connectivity index (χ0v) is 9.69. The summed E-state index contributed by atoms with van der Waals surface area (Å²) in [4.78, 5) is 18.7. The number of aryl methyl sites for hydroxylation is 2. The molecule has 2 N–H and O–H groups in total. The van der Waals surface area contributed by atoms with Crippen molar-refractivity contribution < 1.29 is 4.79 Å². The molecule has 0 aliphatic carbocycles. The fraction of sp³-hybridized carbons (Fsp3) is 0.273. The summed E-state index contributed by atoms with van der Waals surface area (Å²) in [5.41, 5.74) is 2.76. The van der Waals surface area contributed by atoms with E-state index in [2.05, 4.69) is 25.5 Å². The number of aromatic amines is 1. The van der Waals surface area contributed by atoms with Crippen LogP contribution in [0.1, 0.15) is 27.4 Å². The standard InChI is InChI=1S/C11H13N5O/c1-7-3-10(8(2)16-15-7)11(17)13-5-9-4-12-6-14-9/h3-4,6H,5H2,1-2H3,(H,12,14)(H,13,17). The van der Waals surface area contributed by atoms with E-state index in [9.17, 15) is 4.79 Å². The first-order chi connectivity index (χ1) is 8.16. The largest absolute Gasteiger partial charge is 0.347 e. The van der Waals surface area contributed by atoms with Crippen LogP contribution in [0.5, 0.6) is 0 Å². The summed E-state index contributed by atoms with van der Waals surface area (Å²) in [5.74, 6) is -0.157. The number of hydrogen-bond donors (Lipinski definition) is 2. The van der Waals surface area contributed by atoms with E-state index in [1.54, 1.807) is 32.4 Å². The number of carbonyl (C=O) groups excluding carboxylic acids is 1. The molecule has 88 valence electrons.